The maximum atomic E-state index is 14.3. The lowest BCUT2D eigenvalue weighted by Gasteiger charge is -2.20. The van der Waals surface area contributed by atoms with Gasteiger partial charge in [0.2, 0.25) is 0 Å². The number of rotatable bonds is 12. The maximum absolute atomic E-state index is 14.3. The lowest BCUT2D eigenvalue weighted by Crippen LogP contribution is -2.34. The summed E-state index contributed by atoms with van der Waals surface area (Å²) in [6.07, 6.45) is 1.22. The highest BCUT2D eigenvalue weighted by molar-refractivity contribution is 5.60. The molecule has 0 aliphatic rings. The molecule has 0 spiro atoms. The van der Waals surface area contributed by atoms with Crippen LogP contribution in [0.1, 0.15) is 17.5 Å². The first-order valence-electron chi connectivity index (χ1n) is 11.1. The van der Waals surface area contributed by atoms with E-state index in [0.29, 0.717) is 49.3 Å². The van der Waals surface area contributed by atoms with Crippen LogP contribution >= 0.6 is 0 Å². The standard InChI is InChI=1S/C25H29F2N3O4/c1-34-24-9-6-19(15-22(24)27)23-16-20(17-29(11-13-31)12-14-32)25(33)30(28-23)10-2-3-18-4-7-21(26)8-5-18/h4-9,15-16,31-32H,2-3,10-14,17H2,1H3. The Balaban J connectivity index is 1.92. The third-order valence-electron chi connectivity index (χ3n) is 5.47. The van der Waals surface area contributed by atoms with E-state index in [1.165, 1.54) is 36.1 Å². The van der Waals surface area contributed by atoms with Crippen LogP contribution in [0.2, 0.25) is 0 Å². The van der Waals surface area contributed by atoms with Gasteiger partial charge in [-0.2, -0.15) is 5.10 Å². The predicted octanol–water partition coefficient (Wildman–Crippen LogP) is 2.62. The average molecular weight is 474 g/mol. The van der Waals surface area contributed by atoms with E-state index in [4.69, 9.17) is 4.74 Å². The van der Waals surface area contributed by atoms with E-state index in [0.717, 1.165) is 5.56 Å². The van der Waals surface area contributed by atoms with Gasteiger partial charge in [0, 0.05) is 37.3 Å². The fraction of sp³-hybridized carbons (Fsp3) is 0.360. The highest BCUT2D eigenvalue weighted by Crippen LogP contribution is 2.24. The fourth-order valence-electron chi connectivity index (χ4n) is 3.71. The van der Waals surface area contributed by atoms with Crippen molar-refractivity contribution in [1.29, 1.82) is 0 Å². The van der Waals surface area contributed by atoms with Crippen LogP contribution in [0, 0.1) is 11.6 Å². The Hall–Kier alpha value is -3.14. The van der Waals surface area contributed by atoms with Crippen LogP contribution in [0.4, 0.5) is 8.78 Å². The summed E-state index contributed by atoms with van der Waals surface area (Å²) in [5.74, 6) is -0.741. The number of benzene rings is 2. The Labute approximate surface area is 196 Å². The molecule has 9 heteroatoms. The molecular weight excluding hydrogens is 444 g/mol. The van der Waals surface area contributed by atoms with Gasteiger partial charge in [-0.05, 0) is 54.8 Å². The molecule has 7 nitrogen and oxygen atoms in total. The van der Waals surface area contributed by atoms with Gasteiger partial charge in [0.25, 0.3) is 5.56 Å². The van der Waals surface area contributed by atoms with Crippen LogP contribution in [0.25, 0.3) is 11.3 Å². The molecule has 0 aliphatic carbocycles. The third kappa shape index (κ3) is 6.69. The number of aliphatic hydroxyl groups is 2. The molecule has 0 atom stereocenters. The van der Waals surface area contributed by atoms with Crippen molar-refractivity contribution in [2.75, 3.05) is 33.4 Å². The summed E-state index contributed by atoms with van der Waals surface area (Å²) in [6, 6.07) is 12.3. The summed E-state index contributed by atoms with van der Waals surface area (Å²) >= 11 is 0. The van der Waals surface area contributed by atoms with E-state index < -0.39 is 5.82 Å². The van der Waals surface area contributed by atoms with Gasteiger partial charge < -0.3 is 14.9 Å². The first kappa shape index (κ1) is 25.5. The smallest absolute Gasteiger partial charge is 0.271 e. The molecule has 2 N–H and O–H groups in total. The minimum atomic E-state index is -0.542. The van der Waals surface area contributed by atoms with Gasteiger partial charge in [-0.15, -0.1) is 0 Å². The molecule has 0 aliphatic heterocycles. The molecule has 0 saturated heterocycles. The number of nitrogens with zero attached hydrogens (tertiary/aromatic N) is 3. The third-order valence-corrected chi connectivity index (χ3v) is 5.47. The zero-order chi connectivity index (χ0) is 24.5. The van der Waals surface area contributed by atoms with Crippen molar-refractivity contribution in [3.63, 3.8) is 0 Å². The SMILES string of the molecule is COc1ccc(-c2cc(CN(CCO)CCO)c(=O)n(CCCc3ccc(F)cc3)n2)cc1F. The van der Waals surface area contributed by atoms with Crippen molar-refractivity contribution in [2.45, 2.75) is 25.9 Å². The number of methoxy groups -OCH3 is 1. The van der Waals surface area contributed by atoms with E-state index >= 15 is 0 Å². The van der Waals surface area contributed by atoms with Crippen molar-refractivity contribution in [3.05, 3.63) is 81.6 Å². The number of hydrogen-bond acceptors (Lipinski definition) is 6. The van der Waals surface area contributed by atoms with Gasteiger partial charge in [0.05, 0.1) is 26.0 Å². The Kier molecular flexibility index (Phi) is 9.26. The Morgan fingerprint density at radius 3 is 2.35 bits per heavy atom. The minimum absolute atomic E-state index is 0.105. The summed E-state index contributed by atoms with van der Waals surface area (Å²) in [7, 11) is 1.38. The number of hydrogen-bond donors (Lipinski definition) is 2. The van der Waals surface area contributed by atoms with Gasteiger partial charge in [-0.1, -0.05) is 12.1 Å². The van der Waals surface area contributed by atoms with E-state index in [9.17, 15) is 23.8 Å². The predicted molar refractivity (Wildman–Crippen MR) is 125 cm³/mol. The normalized spacial score (nSPS) is 11.2. The van der Waals surface area contributed by atoms with Crippen LogP contribution in [0.3, 0.4) is 0 Å². The van der Waals surface area contributed by atoms with Gasteiger partial charge in [0.15, 0.2) is 11.6 Å². The topological polar surface area (TPSA) is 87.8 Å². The number of halogens is 2. The summed E-state index contributed by atoms with van der Waals surface area (Å²) in [6.45, 7) is 0.863. The molecule has 182 valence electrons. The van der Waals surface area contributed by atoms with Gasteiger partial charge in [-0.25, -0.2) is 13.5 Å². The van der Waals surface area contributed by atoms with Gasteiger partial charge >= 0.3 is 0 Å². The molecule has 0 radical (unpaired) electrons. The van der Waals surface area contributed by atoms with E-state index in [1.807, 2.05) is 0 Å². The molecule has 0 unspecified atom stereocenters. The van der Waals surface area contributed by atoms with Crippen molar-refractivity contribution >= 4 is 0 Å². The maximum Gasteiger partial charge on any atom is 0.271 e. The van der Waals surface area contributed by atoms with E-state index in [2.05, 4.69) is 5.10 Å². The van der Waals surface area contributed by atoms with Crippen LogP contribution in [0.5, 0.6) is 5.75 Å². The van der Waals surface area contributed by atoms with Crippen molar-refractivity contribution < 1.29 is 23.7 Å². The van der Waals surface area contributed by atoms with Gasteiger partial charge in [-0.3, -0.25) is 9.69 Å². The highest BCUT2D eigenvalue weighted by Gasteiger charge is 2.15. The second-order valence-corrected chi connectivity index (χ2v) is 7.89. The van der Waals surface area contributed by atoms with Crippen LogP contribution < -0.4 is 10.3 Å². The van der Waals surface area contributed by atoms with Crippen LogP contribution in [0.15, 0.2) is 53.3 Å². The zero-order valence-electron chi connectivity index (χ0n) is 19.1. The highest BCUT2D eigenvalue weighted by atomic mass is 19.1. The average Bonchev–Trinajstić information content (AvgIpc) is 2.82. The number of aliphatic hydroxyl groups excluding tert-OH is 2. The summed E-state index contributed by atoms with van der Waals surface area (Å²) < 4.78 is 33.8. The van der Waals surface area contributed by atoms with E-state index in [1.54, 1.807) is 29.2 Å². The lowest BCUT2D eigenvalue weighted by atomic mass is 10.1. The molecule has 1 heterocycles. The lowest BCUT2D eigenvalue weighted by molar-refractivity contribution is 0.155. The van der Waals surface area contributed by atoms with Crippen LogP contribution in [-0.4, -0.2) is 58.3 Å². The molecule has 34 heavy (non-hydrogen) atoms. The summed E-state index contributed by atoms with van der Waals surface area (Å²) in [5, 5.41) is 23.1. The number of ether oxygens (including phenoxy) is 1. The molecule has 0 saturated carbocycles. The Bertz CT molecular complexity index is 1130. The monoisotopic (exact) mass is 473 g/mol. The van der Waals surface area contributed by atoms with E-state index in [-0.39, 0.29) is 36.9 Å². The quantitative estimate of drug-likeness (QED) is 0.421. The van der Waals surface area contributed by atoms with Crippen molar-refractivity contribution in [2.24, 2.45) is 0 Å². The first-order valence-corrected chi connectivity index (χ1v) is 11.1. The molecule has 3 rings (SSSR count). The Morgan fingerprint density at radius 2 is 1.74 bits per heavy atom. The summed E-state index contributed by atoms with van der Waals surface area (Å²) in [5.41, 5.74) is 1.98. The molecule has 0 amide bonds. The molecule has 2 aromatic carbocycles. The van der Waals surface area contributed by atoms with Gasteiger partial charge in [0.1, 0.15) is 5.82 Å². The van der Waals surface area contributed by atoms with Crippen LogP contribution in [-0.2, 0) is 19.5 Å². The number of aromatic nitrogens is 2. The fourth-order valence-corrected chi connectivity index (χ4v) is 3.71. The molecule has 0 bridgehead atoms. The molecule has 1 aromatic heterocycles. The van der Waals surface area contributed by atoms with Crippen molar-refractivity contribution in [1.82, 2.24) is 14.7 Å². The minimum Gasteiger partial charge on any atom is -0.494 e. The largest absolute Gasteiger partial charge is 0.494 e. The molecule has 0 fully saturated rings. The first-order chi connectivity index (χ1) is 16.4. The molecular formula is C25H29F2N3O4. The summed E-state index contributed by atoms with van der Waals surface area (Å²) in [4.78, 5) is 14.9. The zero-order valence-corrected chi connectivity index (χ0v) is 19.1. The Morgan fingerprint density at radius 1 is 1.03 bits per heavy atom. The second-order valence-electron chi connectivity index (χ2n) is 7.89. The second kappa shape index (κ2) is 12.4. The number of aryl methyl sites for hydroxylation is 2. The van der Waals surface area contributed by atoms with Crippen molar-refractivity contribution in [3.8, 4) is 17.0 Å². The molecule has 3 aromatic rings.